The largest absolute Gasteiger partial charge is 0.496 e. The first-order chi connectivity index (χ1) is 7.61. The molecule has 1 aromatic carbocycles. The SMILES string of the molecule is COc1cc(C)c(-c2cnc(Cl)[nH]2)cc1C. The summed E-state index contributed by atoms with van der Waals surface area (Å²) >= 11 is 5.77. The zero-order valence-corrected chi connectivity index (χ0v) is 10.2. The van der Waals surface area contributed by atoms with Crippen molar-refractivity contribution in [2.75, 3.05) is 7.11 Å². The number of H-pyrrole nitrogens is 1. The Morgan fingerprint density at radius 1 is 1.25 bits per heavy atom. The van der Waals surface area contributed by atoms with Crippen LogP contribution in [0.2, 0.25) is 5.28 Å². The van der Waals surface area contributed by atoms with Crippen LogP contribution in [-0.2, 0) is 0 Å². The number of ether oxygens (including phenoxy) is 1. The minimum atomic E-state index is 0.405. The highest BCUT2D eigenvalue weighted by Gasteiger charge is 2.08. The molecule has 0 aliphatic rings. The maximum Gasteiger partial charge on any atom is 0.200 e. The molecule has 0 fully saturated rings. The molecule has 0 aliphatic heterocycles. The Bertz CT molecular complexity index is 520. The van der Waals surface area contributed by atoms with E-state index in [4.69, 9.17) is 16.3 Å². The van der Waals surface area contributed by atoms with Crippen LogP contribution in [0, 0.1) is 13.8 Å². The highest BCUT2D eigenvalue weighted by Crippen LogP contribution is 2.29. The van der Waals surface area contributed by atoms with Crippen molar-refractivity contribution < 1.29 is 4.74 Å². The maximum absolute atomic E-state index is 5.77. The van der Waals surface area contributed by atoms with Gasteiger partial charge in [0.25, 0.3) is 0 Å². The van der Waals surface area contributed by atoms with Crippen LogP contribution in [0.1, 0.15) is 11.1 Å². The van der Waals surface area contributed by atoms with Crippen LogP contribution in [0.3, 0.4) is 0 Å². The molecule has 0 atom stereocenters. The number of nitrogens with zero attached hydrogens (tertiary/aromatic N) is 1. The van der Waals surface area contributed by atoms with Crippen LogP contribution < -0.4 is 4.74 Å². The predicted octanol–water partition coefficient (Wildman–Crippen LogP) is 3.36. The zero-order valence-electron chi connectivity index (χ0n) is 9.47. The molecule has 0 unspecified atom stereocenters. The number of hydrogen-bond donors (Lipinski definition) is 1. The molecule has 1 aromatic heterocycles. The molecule has 0 saturated carbocycles. The van der Waals surface area contributed by atoms with Crippen LogP contribution >= 0.6 is 11.6 Å². The Labute approximate surface area is 99.4 Å². The van der Waals surface area contributed by atoms with Gasteiger partial charge in [-0.05, 0) is 48.7 Å². The molecule has 1 heterocycles. The van der Waals surface area contributed by atoms with Gasteiger partial charge in [0.2, 0.25) is 0 Å². The Hall–Kier alpha value is -1.48. The second kappa shape index (κ2) is 4.18. The molecule has 16 heavy (non-hydrogen) atoms. The lowest BCUT2D eigenvalue weighted by Crippen LogP contribution is -1.91. The quantitative estimate of drug-likeness (QED) is 0.868. The summed E-state index contributed by atoms with van der Waals surface area (Å²) < 4.78 is 5.27. The van der Waals surface area contributed by atoms with Gasteiger partial charge >= 0.3 is 0 Å². The van der Waals surface area contributed by atoms with E-state index in [1.807, 2.05) is 19.9 Å². The average Bonchev–Trinajstić information content (AvgIpc) is 2.67. The topological polar surface area (TPSA) is 37.9 Å². The molecule has 0 amide bonds. The summed E-state index contributed by atoms with van der Waals surface area (Å²) in [7, 11) is 1.68. The van der Waals surface area contributed by atoms with E-state index in [1.54, 1.807) is 13.3 Å². The lowest BCUT2D eigenvalue weighted by Gasteiger charge is -2.09. The Morgan fingerprint density at radius 2 is 2.00 bits per heavy atom. The Balaban J connectivity index is 2.54. The summed E-state index contributed by atoms with van der Waals surface area (Å²) in [6, 6.07) is 4.08. The molecule has 2 aromatic rings. The van der Waals surface area contributed by atoms with E-state index >= 15 is 0 Å². The molecule has 0 saturated heterocycles. The Kier molecular flexibility index (Phi) is 2.88. The molecule has 4 heteroatoms. The summed E-state index contributed by atoms with van der Waals surface area (Å²) in [4.78, 5) is 7.00. The van der Waals surface area contributed by atoms with Crippen molar-refractivity contribution in [2.24, 2.45) is 0 Å². The van der Waals surface area contributed by atoms with Gasteiger partial charge in [0, 0.05) is 5.56 Å². The van der Waals surface area contributed by atoms with E-state index in [0.29, 0.717) is 5.28 Å². The number of aromatic amines is 1. The van der Waals surface area contributed by atoms with Crippen molar-refractivity contribution in [3.8, 4) is 17.0 Å². The van der Waals surface area contributed by atoms with E-state index in [0.717, 1.165) is 28.1 Å². The standard InChI is InChI=1S/C12H13ClN2O/c1-7-5-11(16-3)8(2)4-9(7)10-6-14-12(13)15-10/h4-6H,1-3H3,(H,14,15). The van der Waals surface area contributed by atoms with Crippen LogP contribution in [0.25, 0.3) is 11.3 Å². The first-order valence-corrected chi connectivity index (χ1v) is 5.35. The van der Waals surface area contributed by atoms with Gasteiger partial charge < -0.3 is 9.72 Å². The van der Waals surface area contributed by atoms with E-state index in [1.165, 1.54) is 0 Å². The highest BCUT2D eigenvalue weighted by molar-refractivity contribution is 6.28. The van der Waals surface area contributed by atoms with Crippen molar-refractivity contribution in [3.05, 3.63) is 34.7 Å². The second-order valence-corrected chi connectivity index (χ2v) is 4.08. The summed E-state index contributed by atoms with van der Waals surface area (Å²) in [5, 5.41) is 0.405. The number of halogens is 1. The number of hydrogen-bond acceptors (Lipinski definition) is 2. The summed E-state index contributed by atoms with van der Waals surface area (Å²) in [6.45, 7) is 4.05. The number of aromatic nitrogens is 2. The minimum absolute atomic E-state index is 0.405. The summed E-state index contributed by atoms with van der Waals surface area (Å²) in [5.41, 5.74) is 4.24. The van der Waals surface area contributed by atoms with Gasteiger partial charge in [-0.2, -0.15) is 0 Å². The van der Waals surface area contributed by atoms with Gasteiger partial charge in [-0.1, -0.05) is 0 Å². The van der Waals surface area contributed by atoms with Gasteiger partial charge in [0.05, 0.1) is 19.0 Å². The number of methoxy groups -OCH3 is 1. The molecular weight excluding hydrogens is 224 g/mol. The maximum atomic E-state index is 5.77. The molecule has 0 radical (unpaired) electrons. The molecule has 3 nitrogen and oxygen atoms in total. The summed E-state index contributed by atoms with van der Waals surface area (Å²) in [5.74, 6) is 0.895. The monoisotopic (exact) mass is 236 g/mol. The molecular formula is C12H13ClN2O. The first kappa shape index (κ1) is 11.0. The molecule has 84 valence electrons. The number of benzene rings is 1. The van der Waals surface area contributed by atoms with Crippen LogP contribution in [0.4, 0.5) is 0 Å². The number of rotatable bonds is 2. The molecule has 0 aliphatic carbocycles. The van der Waals surface area contributed by atoms with Gasteiger partial charge in [0.1, 0.15) is 5.75 Å². The number of imidazole rings is 1. The third kappa shape index (κ3) is 1.91. The predicted molar refractivity (Wildman–Crippen MR) is 65.1 cm³/mol. The van der Waals surface area contributed by atoms with E-state index in [9.17, 15) is 0 Å². The van der Waals surface area contributed by atoms with Gasteiger partial charge in [-0.25, -0.2) is 4.98 Å². The van der Waals surface area contributed by atoms with Crippen molar-refractivity contribution in [3.63, 3.8) is 0 Å². The van der Waals surface area contributed by atoms with E-state index in [-0.39, 0.29) is 0 Å². The molecule has 1 N–H and O–H groups in total. The fraction of sp³-hybridized carbons (Fsp3) is 0.250. The van der Waals surface area contributed by atoms with Crippen molar-refractivity contribution >= 4 is 11.6 Å². The molecule has 0 spiro atoms. The zero-order chi connectivity index (χ0) is 11.7. The van der Waals surface area contributed by atoms with E-state index < -0.39 is 0 Å². The lowest BCUT2D eigenvalue weighted by molar-refractivity contribution is 0.411. The van der Waals surface area contributed by atoms with Crippen molar-refractivity contribution in [1.82, 2.24) is 9.97 Å². The van der Waals surface area contributed by atoms with Gasteiger partial charge in [0.15, 0.2) is 5.28 Å². The lowest BCUT2D eigenvalue weighted by atomic mass is 10.0. The fourth-order valence-electron chi connectivity index (χ4n) is 1.73. The first-order valence-electron chi connectivity index (χ1n) is 4.98. The van der Waals surface area contributed by atoms with Gasteiger partial charge in [-0.3, -0.25) is 0 Å². The summed E-state index contributed by atoms with van der Waals surface area (Å²) in [6.07, 6.45) is 1.73. The number of nitrogens with one attached hydrogen (secondary N) is 1. The second-order valence-electron chi connectivity index (χ2n) is 3.72. The van der Waals surface area contributed by atoms with Crippen LogP contribution in [0.5, 0.6) is 5.75 Å². The fourth-order valence-corrected chi connectivity index (χ4v) is 1.88. The molecule has 0 bridgehead atoms. The smallest absolute Gasteiger partial charge is 0.200 e. The highest BCUT2D eigenvalue weighted by atomic mass is 35.5. The normalized spacial score (nSPS) is 10.5. The Morgan fingerprint density at radius 3 is 2.56 bits per heavy atom. The van der Waals surface area contributed by atoms with Crippen LogP contribution in [0.15, 0.2) is 18.3 Å². The van der Waals surface area contributed by atoms with Crippen LogP contribution in [-0.4, -0.2) is 17.1 Å². The minimum Gasteiger partial charge on any atom is -0.496 e. The van der Waals surface area contributed by atoms with E-state index in [2.05, 4.69) is 16.0 Å². The van der Waals surface area contributed by atoms with Gasteiger partial charge in [-0.15, -0.1) is 0 Å². The average molecular weight is 237 g/mol. The third-order valence-electron chi connectivity index (χ3n) is 2.58. The molecule has 2 rings (SSSR count). The van der Waals surface area contributed by atoms with Crippen molar-refractivity contribution in [2.45, 2.75) is 13.8 Å². The van der Waals surface area contributed by atoms with Crippen molar-refractivity contribution in [1.29, 1.82) is 0 Å². The number of aryl methyl sites for hydroxylation is 2. The third-order valence-corrected chi connectivity index (χ3v) is 2.77.